The maximum absolute atomic E-state index is 12.5. The van der Waals surface area contributed by atoms with Crippen LogP contribution in [0.3, 0.4) is 0 Å². The number of carbonyl (C=O) groups excluding carboxylic acids is 2. The lowest BCUT2D eigenvalue weighted by atomic mass is 10.1. The van der Waals surface area contributed by atoms with Gasteiger partial charge in [0.2, 0.25) is 15.9 Å². The van der Waals surface area contributed by atoms with Crippen LogP contribution >= 0.6 is 0 Å². The molecule has 2 amide bonds. The number of nitrogens with two attached hydrogens (primary N) is 1. The fourth-order valence-electron chi connectivity index (χ4n) is 2.40. The largest absolute Gasteiger partial charge is 0.369 e. The molecule has 1 aliphatic rings. The second-order valence-corrected chi connectivity index (χ2v) is 7.29. The van der Waals surface area contributed by atoms with Crippen molar-refractivity contribution in [3.8, 4) is 0 Å². The van der Waals surface area contributed by atoms with Gasteiger partial charge in [-0.3, -0.25) is 14.3 Å². The highest BCUT2D eigenvalue weighted by atomic mass is 32.2. The van der Waals surface area contributed by atoms with Gasteiger partial charge >= 0.3 is 0 Å². The van der Waals surface area contributed by atoms with Crippen molar-refractivity contribution in [2.24, 2.45) is 18.7 Å². The van der Waals surface area contributed by atoms with Gasteiger partial charge in [0, 0.05) is 39.4 Å². The van der Waals surface area contributed by atoms with Crippen molar-refractivity contribution in [3.05, 3.63) is 18.0 Å². The monoisotopic (exact) mass is 329 g/mol. The minimum atomic E-state index is -3.46. The van der Waals surface area contributed by atoms with Gasteiger partial charge in [-0.15, -0.1) is 0 Å². The van der Waals surface area contributed by atoms with Crippen molar-refractivity contribution in [2.45, 2.75) is 0 Å². The number of aryl methyl sites for hydroxylation is 1. The zero-order valence-corrected chi connectivity index (χ0v) is 13.3. The van der Waals surface area contributed by atoms with Crippen LogP contribution in [0.2, 0.25) is 0 Å². The Morgan fingerprint density at radius 3 is 2.50 bits per heavy atom. The number of rotatable bonds is 3. The molecule has 1 fully saturated rings. The second-order valence-electron chi connectivity index (χ2n) is 5.31. The summed E-state index contributed by atoms with van der Waals surface area (Å²) in [5.41, 5.74) is 5.71. The predicted octanol–water partition coefficient (Wildman–Crippen LogP) is -1.76. The fraction of sp³-hybridized carbons (Fsp3) is 0.583. The average Bonchev–Trinajstić information content (AvgIpc) is 2.71. The number of sulfonamides is 1. The Labute approximate surface area is 128 Å². The first kappa shape index (κ1) is 16.4. The van der Waals surface area contributed by atoms with E-state index in [1.807, 2.05) is 0 Å². The van der Waals surface area contributed by atoms with E-state index >= 15 is 0 Å². The number of hydrogen-bond acceptors (Lipinski definition) is 5. The van der Waals surface area contributed by atoms with Gasteiger partial charge in [-0.05, 0) is 6.07 Å². The Balaban J connectivity index is 2.25. The molecule has 0 aliphatic carbocycles. The van der Waals surface area contributed by atoms with E-state index in [2.05, 4.69) is 5.10 Å². The Morgan fingerprint density at radius 2 is 2.00 bits per heavy atom. The molecule has 0 unspecified atom stereocenters. The Hall–Kier alpha value is -1.94. The molecule has 0 aromatic carbocycles. The molecule has 0 spiro atoms. The Bertz CT molecular complexity index is 683. The quantitative estimate of drug-likeness (QED) is 0.704. The smallest absolute Gasteiger partial charge is 0.272 e. The van der Waals surface area contributed by atoms with Crippen LogP contribution in [0.15, 0.2) is 12.3 Å². The Morgan fingerprint density at radius 1 is 1.32 bits per heavy atom. The standard InChI is InChI=1S/C12H19N5O4S/c1-15-10(3-4-14-15)12(19)16-5-6-17(22(2,20)21)8-9(7-16)11(13)18/h3-4,9H,5-8H2,1-2H3,(H2,13,18)/t9-/m0/s1. The van der Waals surface area contributed by atoms with Crippen LogP contribution in [0.4, 0.5) is 0 Å². The predicted molar refractivity (Wildman–Crippen MR) is 78.2 cm³/mol. The topological polar surface area (TPSA) is 119 Å². The molecule has 10 heteroatoms. The molecule has 9 nitrogen and oxygen atoms in total. The number of hydrogen-bond donors (Lipinski definition) is 1. The maximum Gasteiger partial charge on any atom is 0.272 e. The van der Waals surface area contributed by atoms with E-state index in [1.165, 1.54) is 20.1 Å². The lowest BCUT2D eigenvalue weighted by Gasteiger charge is -2.22. The van der Waals surface area contributed by atoms with E-state index in [-0.39, 0.29) is 32.1 Å². The molecule has 1 aromatic rings. The summed E-state index contributed by atoms with van der Waals surface area (Å²) in [5, 5.41) is 3.94. The van der Waals surface area contributed by atoms with Crippen LogP contribution in [0.1, 0.15) is 10.5 Å². The van der Waals surface area contributed by atoms with Gasteiger partial charge < -0.3 is 10.6 Å². The fourth-order valence-corrected chi connectivity index (χ4v) is 3.26. The van der Waals surface area contributed by atoms with Crippen molar-refractivity contribution < 1.29 is 18.0 Å². The molecule has 0 bridgehead atoms. The van der Waals surface area contributed by atoms with Gasteiger partial charge in [0.25, 0.3) is 5.91 Å². The van der Waals surface area contributed by atoms with Gasteiger partial charge in [0.15, 0.2) is 0 Å². The first-order chi connectivity index (χ1) is 10.2. The van der Waals surface area contributed by atoms with E-state index in [0.717, 1.165) is 6.26 Å². The molecule has 0 saturated carbocycles. The third-order valence-electron chi connectivity index (χ3n) is 3.68. The molecule has 1 atom stereocenters. The van der Waals surface area contributed by atoms with Crippen LogP contribution in [0.25, 0.3) is 0 Å². The van der Waals surface area contributed by atoms with Crippen molar-refractivity contribution in [1.29, 1.82) is 0 Å². The second kappa shape index (κ2) is 6.05. The SMILES string of the molecule is Cn1nccc1C(=O)N1CCN(S(C)(=O)=O)C[C@@H](C(N)=O)C1. The van der Waals surface area contributed by atoms with Gasteiger partial charge in [0.1, 0.15) is 5.69 Å². The number of carbonyl (C=O) groups is 2. The van der Waals surface area contributed by atoms with E-state index in [4.69, 9.17) is 5.73 Å². The van der Waals surface area contributed by atoms with E-state index < -0.39 is 21.8 Å². The number of amides is 2. The maximum atomic E-state index is 12.5. The highest BCUT2D eigenvalue weighted by Crippen LogP contribution is 2.15. The molecule has 2 rings (SSSR count). The molecule has 1 aliphatic heterocycles. The molecule has 2 heterocycles. The third kappa shape index (κ3) is 3.45. The summed E-state index contributed by atoms with van der Waals surface area (Å²) in [4.78, 5) is 25.5. The van der Waals surface area contributed by atoms with E-state index in [9.17, 15) is 18.0 Å². The normalized spacial score (nSPS) is 20.6. The summed E-state index contributed by atoms with van der Waals surface area (Å²) in [5.74, 6) is -1.67. The van der Waals surface area contributed by atoms with Gasteiger partial charge in [-0.25, -0.2) is 8.42 Å². The molecule has 22 heavy (non-hydrogen) atoms. The first-order valence-electron chi connectivity index (χ1n) is 6.72. The van der Waals surface area contributed by atoms with Crippen molar-refractivity contribution in [2.75, 3.05) is 32.4 Å². The van der Waals surface area contributed by atoms with E-state index in [0.29, 0.717) is 5.69 Å². The van der Waals surface area contributed by atoms with Gasteiger partial charge in [-0.2, -0.15) is 9.40 Å². The molecule has 1 aromatic heterocycles. The summed E-state index contributed by atoms with van der Waals surface area (Å²) < 4.78 is 26.1. The molecule has 1 saturated heterocycles. The van der Waals surface area contributed by atoms with Crippen molar-refractivity contribution in [1.82, 2.24) is 19.0 Å². The molecular formula is C12H19N5O4S. The summed E-state index contributed by atoms with van der Waals surface area (Å²) in [6.45, 7) is 0.405. The first-order valence-corrected chi connectivity index (χ1v) is 8.56. The number of nitrogens with zero attached hydrogens (tertiary/aromatic N) is 4. The van der Waals surface area contributed by atoms with E-state index in [1.54, 1.807) is 13.1 Å². The molecular weight excluding hydrogens is 310 g/mol. The van der Waals surface area contributed by atoms with Gasteiger partial charge in [0.05, 0.1) is 12.2 Å². The van der Waals surface area contributed by atoms with Crippen LogP contribution < -0.4 is 5.73 Å². The van der Waals surface area contributed by atoms with Gasteiger partial charge in [-0.1, -0.05) is 0 Å². The van der Waals surface area contributed by atoms with Crippen LogP contribution in [0.5, 0.6) is 0 Å². The minimum absolute atomic E-state index is 0.0106. The zero-order valence-electron chi connectivity index (χ0n) is 12.5. The molecule has 122 valence electrons. The lowest BCUT2D eigenvalue weighted by molar-refractivity contribution is -0.122. The van der Waals surface area contributed by atoms with Crippen LogP contribution in [-0.4, -0.2) is 71.7 Å². The highest BCUT2D eigenvalue weighted by molar-refractivity contribution is 7.88. The van der Waals surface area contributed by atoms with Crippen LogP contribution in [-0.2, 0) is 21.9 Å². The zero-order chi connectivity index (χ0) is 16.5. The van der Waals surface area contributed by atoms with Crippen molar-refractivity contribution in [3.63, 3.8) is 0 Å². The number of aromatic nitrogens is 2. The Kier molecular flexibility index (Phi) is 4.52. The molecule has 0 radical (unpaired) electrons. The summed E-state index contributed by atoms with van der Waals surface area (Å²) >= 11 is 0. The summed E-state index contributed by atoms with van der Waals surface area (Å²) in [7, 11) is -1.82. The molecule has 2 N–H and O–H groups in total. The van der Waals surface area contributed by atoms with Crippen molar-refractivity contribution >= 4 is 21.8 Å². The third-order valence-corrected chi connectivity index (χ3v) is 4.95. The summed E-state index contributed by atoms with van der Waals surface area (Å²) in [6.07, 6.45) is 2.57. The summed E-state index contributed by atoms with van der Waals surface area (Å²) in [6, 6.07) is 1.57. The average molecular weight is 329 g/mol. The highest BCUT2D eigenvalue weighted by Gasteiger charge is 2.33. The lowest BCUT2D eigenvalue weighted by Crippen LogP contribution is -2.41. The van der Waals surface area contributed by atoms with Crippen LogP contribution in [0, 0.1) is 5.92 Å². The number of primary amides is 1. The minimum Gasteiger partial charge on any atom is -0.369 e.